The van der Waals surface area contributed by atoms with E-state index in [1.807, 2.05) is 36.4 Å². The molecule has 1 N–H and O–H groups in total. The molecule has 0 aliphatic heterocycles. The summed E-state index contributed by atoms with van der Waals surface area (Å²) in [6.45, 7) is 2.41. The minimum atomic E-state index is -0.493. The van der Waals surface area contributed by atoms with Gasteiger partial charge in [0.25, 0.3) is 0 Å². The van der Waals surface area contributed by atoms with E-state index < -0.39 is 6.09 Å². The van der Waals surface area contributed by atoms with Gasteiger partial charge in [-0.1, -0.05) is 49.7 Å². The SMILES string of the molecule is CCCCc1ccc(NC(=O)OCc2ccccc2)nc1. The highest BCUT2D eigenvalue weighted by atomic mass is 16.5. The number of pyridine rings is 1. The first-order chi connectivity index (χ1) is 10.3. The lowest BCUT2D eigenvalue weighted by molar-refractivity contribution is 0.155. The van der Waals surface area contributed by atoms with E-state index in [0.29, 0.717) is 5.82 Å². The van der Waals surface area contributed by atoms with Gasteiger partial charge in [-0.25, -0.2) is 9.78 Å². The Kier molecular flexibility index (Phi) is 5.76. The van der Waals surface area contributed by atoms with Gasteiger partial charge < -0.3 is 4.74 Å². The molecular weight excluding hydrogens is 264 g/mol. The number of anilines is 1. The third kappa shape index (κ3) is 5.26. The van der Waals surface area contributed by atoms with Crippen LogP contribution < -0.4 is 5.32 Å². The zero-order valence-electron chi connectivity index (χ0n) is 12.2. The highest BCUT2D eigenvalue weighted by Gasteiger charge is 2.04. The molecule has 4 heteroatoms. The Hall–Kier alpha value is -2.36. The van der Waals surface area contributed by atoms with Crippen LogP contribution in [0.4, 0.5) is 10.6 Å². The molecular formula is C17H20N2O2. The number of nitrogens with zero attached hydrogens (tertiary/aromatic N) is 1. The average molecular weight is 284 g/mol. The molecule has 0 unspecified atom stereocenters. The number of carbonyl (C=O) groups is 1. The van der Waals surface area contributed by atoms with Crippen LogP contribution in [0.15, 0.2) is 48.7 Å². The van der Waals surface area contributed by atoms with Crippen molar-refractivity contribution in [2.45, 2.75) is 32.8 Å². The van der Waals surface area contributed by atoms with Gasteiger partial charge in [-0.15, -0.1) is 0 Å². The summed E-state index contributed by atoms with van der Waals surface area (Å²) in [5, 5.41) is 2.62. The highest BCUT2D eigenvalue weighted by molar-refractivity contribution is 5.83. The molecule has 0 atom stereocenters. The zero-order chi connectivity index (χ0) is 14.9. The quantitative estimate of drug-likeness (QED) is 0.866. The fourth-order valence-corrected chi connectivity index (χ4v) is 1.89. The van der Waals surface area contributed by atoms with Gasteiger partial charge in [-0.3, -0.25) is 5.32 Å². The van der Waals surface area contributed by atoms with Crippen molar-refractivity contribution in [2.24, 2.45) is 0 Å². The molecule has 0 aliphatic carbocycles. The van der Waals surface area contributed by atoms with Crippen LogP contribution in [-0.4, -0.2) is 11.1 Å². The number of benzene rings is 1. The lowest BCUT2D eigenvalue weighted by Crippen LogP contribution is -2.14. The zero-order valence-corrected chi connectivity index (χ0v) is 12.2. The summed E-state index contributed by atoms with van der Waals surface area (Å²) in [5.74, 6) is 0.508. The number of aryl methyl sites for hydroxylation is 1. The third-order valence-electron chi connectivity index (χ3n) is 3.09. The van der Waals surface area contributed by atoms with E-state index in [9.17, 15) is 4.79 Å². The number of aromatic nitrogens is 1. The second kappa shape index (κ2) is 8.04. The van der Waals surface area contributed by atoms with Gasteiger partial charge in [0.15, 0.2) is 0 Å². The second-order valence-electron chi connectivity index (χ2n) is 4.84. The summed E-state index contributed by atoms with van der Waals surface area (Å²) in [4.78, 5) is 15.9. The molecule has 1 amide bonds. The number of hydrogen-bond acceptors (Lipinski definition) is 3. The molecule has 1 heterocycles. The van der Waals surface area contributed by atoms with Crippen LogP contribution in [0.3, 0.4) is 0 Å². The van der Waals surface area contributed by atoms with Crippen LogP contribution in [0, 0.1) is 0 Å². The van der Waals surface area contributed by atoms with E-state index >= 15 is 0 Å². The molecule has 0 aliphatic rings. The molecule has 0 fully saturated rings. The molecule has 2 rings (SSSR count). The highest BCUT2D eigenvalue weighted by Crippen LogP contribution is 2.09. The summed E-state index contributed by atoms with van der Waals surface area (Å²) in [6, 6.07) is 13.3. The van der Waals surface area contributed by atoms with Crippen LogP contribution in [0.25, 0.3) is 0 Å². The average Bonchev–Trinajstić information content (AvgIpc) is 2.53. The van der Waals surface area contributed by atoms with E-state index in [-0.39, 0.29) is 6.61 Å². The minimum absolute atomic E-state index is 0.251. The lowest BCUT2D eigenvalue weighted by atomic mass is 10.1. The Morgan fingerprint density at radius 1 is 1.14 bits per heavy atom. The summed E-state index contributed by atoms with van der Waals surface area (Å²) in [5.41, 5.74) is 2.13. The Labute approximate surface area is 125 Å². The third-order valence-corrected chi connectivity index (χ3v) is 3.09. The summed E-state index contributed by atoms with van der Waals surface area (Å²) < 4.78 is 5.14. The van der Waals surface area contributed by atoms with Crippen LogP contribution >= 0.6 is 0 Å². The Bertz CT molecular complexity index is 553. The maximum Gasteiger partial charge on any atom is 0.413 e. The van der Waals surface area contributed by atoms with Crippen molar-refractivity contribution < 1.29 is 9.53 Å². The summed E-state index contributed by atoms with van der Waals surface area (Å²) >= 11 is 0. The molecule has 0 bridgehead atoms. The van der Waals surface area contributed by atoms with Gasteiger partial charge in [0.1, 0.15) is 12.4 Å². The smallest absolute Gasteiger partial charge is 0.413 e. The molecule has 21 heavy (non-hydrogen) atoms. The standard InChI is InChI=1S/C17H20N2O2/c1-2-3-7-14-10-11-16(18-12-14)19-17(20)21-13-15-8-5-4-6-9-15/h4-6,8-12H,2-3,7,13H2,1H3,(H,18,19,20). The monoisotopic (exact) mass is 284 g/mol. The van der Waals surface area contributed by atoms with E-state index in [0.717, 1.165) is 24.8 Å². The van der Waals surface area contributed by atoms with Crippen LogP contribution in [0.1, 0.15) is 30.9 Å². The lowest BCUT2D eigenvalue weighted by Gasteiger charge is -2.07. The van der Waals surface area contributed by atoms with Crippen molar-refractivity contribution in [3.05, 3.63) is 59.8 Å². The number of carbonyl (C=O) groups excluding carboxylic acids is 1. The molecule has 0 radical (unpaired) electrons. The van der Waals surface area contributed by atoms with E-state index in [2.05, 4.69) is 17.2 Å². The van der Waals surface area contributed by atoms with Crippen molar-refractivity contribution in [3.63, 3.8) is 0 Å². The largest absolute Gasteiger partial charge is 0.444 e. The summed E-state index contributed by atoms with van der Waals surface area (Å²) in [6.07, 6.45) is 4.62. The number of rotatable bonds is 6. The number of ether oxygens (including phenoxy) is 1. The normalized spacial score (nSPS) is 10.1. The molecule has 4 nitrogen and oxygen atoms in total. The van der Waals surface area contributed by atoms with Crippen molar-refractivity contribution in [1.82, 2.24) is 4.98 Å². The van der Waals surface area contributed by atoms with Gasteiger partial charge in [0, 0.05) is 6.20 Å². The van der Waals surface area contributed by atoms with E-state index in [4.69, 9.17) is 4.74 Å². The minimum Gasteiger partial charge on any atom is -0.444 e. The molecule has 1 aromatic heterocycles. The van der Waals surface area contributed by atoms with E-state index in [1.54, 1.807) is 12.3 Å². The first-order valence-corrected chi connectivity index (χ1v) is 7.20. The van der Waals surface area contributed by atoms with Crippen molar-refractivity contribution in [3.8, 4) is 0 Å². The predicted octanol–water partition coefficient (Wildman–Crippen LogP) is 4.17. The molecule has 0 saturated carbocycles. The van der Waals surface area contributed by atoms with Crippen LogP contribution in [0.5, 0.6) is 0 Å². The van der Waals surface area contributed by atoms with Crippen LogP contribution in [0.2, 0.25) is 0 Å². The molecule has 0 saturated heterocycles. The van der Waals surface area contributed by atoms with Gasteiger partial charge >= 0.3 is 6.09 Å². The number of hydrogen-bond donors (Lipinski definition) is 1. The molecule has 0 spiro atoms. The number of unbranched alkanes of at least 4 members (excludes halogenated alkanes) is 1. The van der Waals surface area contributed by atoms with Gasteiger partial charge in [0.2, 0.25) is 0 Å². The maximum absolute atomic E-state index is 11.7. The fraction of sp³-hybridized carbons (Fsp3) is 0.294. The molecule has 1 aromatic carbocycles. The first-order valence-electron chi connectivity index (χ1n) is 7.20. The van der Waals surface area contributed by atoms with Crippen LogP contribution in [-0.2, 0) is 17.8 Å². The van der Waals surface area contributed by atoms with Gasteiger partial charge in [0.05, 0.1) is 0 Å². The number of amides is 1. The van der Waals surface area contributed by atoms with Gasteiger partial charge in [-0.2, -0.15) is 0 Å². The van der Waals surface area contributed by atoms with Gasteiger partial charge in [-0.05, 0) is 30.0 Å². The Morgan fingerprint density at radius 3 is 2.62 bits per heavy atom. The Balaban J connectivity index is 1.79. The molecule has 110 valence electrons. The summed E-state index contributed by atoms with van der Waals surface area (Å²) in [7, 11) is 0. The Morgan fingerprint density at radius 2 is 1.95 bits per heavy atom. The number of nitrogens with one attached hydrogen (secondary N) is 1. The van der Waals surface area contributed by atoms with E-state index in [1.165, 1.54) is 5.56 Å². The second-order valence-corrected chi connectivity index (χ2v) is 4.84. The topological polar surface area (TPSA) is 51.2 Å². The van der Waals surface area contributed by atoms with Crippen molar-refractivity contribution in [2.75, 3.05) is 5.32 Å². The maximum atomic E-state index is 11.7. The van der Waals surface area contributed by atoms with Crippen molar-refractivity contribution in [1.29, 1.82) is 0 Å². The molecule has 2 aromatic rings. The predicted molar refractivity (Wildman–Crippen MR) is 83.1 cm³/mol. The van der Waals surface area contributed by atoms with Crippen molar-refractivity contribution >= 4 is 11.9 Å². The first kappa shape index (κ1) is 15.0. The fourth-order valence-electron chi connectivity index (χ4n) is 1.89.